The molecule has 1 amide bonds. The van der Waals surface area contributed by atoms with Crippen LogP contribution >= 0.6 is 0 Å². The fourth-order valence-corrected chi connectivity index (χ4v) is 2.57. The normalized spacial score (nSPS) is 12.8. The Bertz CT molecular complexity index is 554. The zero-order chi connectivity index (χ0) is 19.4. The molecule has 0 spiro atoms. The first kappa shape index (κ1) is 22.0. The molecule has 6 heteroatoms. The lowest BCUT2D eigenvalue weighted by atomic mass is 10.2. The number of carbonyl (C=O) groups excluding carboxylic acids is 1. The SMILES string of the molecule is CCOC(=N[C@@H](C)CCCN(CC)CC)NC(=O)c1ccc(OC)cc1. The third kappa shape index (κ3) is 7.87. The average molecular weight is 364 g/mol. The molecule has 1 aromatic rings. The molecule has 0 aliphatic heterocycles. The number of benzene rings is 1. The first-order chi connectivity index (χ1) is 12.5. The van der Waals surface area contributed by atoms with E-state index in [9.17, 15) is 4.79 Å². The first-order valence-corrected chi connectivity index (χ1v) is 9.42. The number of amides is 1. The average Bonchev–Trinajstić information content (AvgIpc) is 2.65. The van der Waals surface area contributed by atoms with Crippen molar-refractivity contribution in [1.82, 2.24) is 10.2 Å². The van der Waals surface area contributed by atoms with Gasteiger partial charge in [0.2, 0.25) is 0 Å². The smallest absolute Gasteiger partial charge is 0.291 e. The highest BCUT2D eigenvalue weighted by Gasteiger charge is 2.12. The fraction of sp³-hybridized carbons (Fsp3) is 0.600. The minimum absolute atomic E-state index is 0.0864. The van der Waals surface area contributed by atoms with Crippen molar-refractivity contribution in [3.05, 3.63) is 29.8 Å². The maximum atomic E-state index is 12.4. The highest BCUT2D eigenvalue weighted by atomic mass is 16.5. The van der Waals surface area contributed by atoms with E-state index in [2.05, 4.69) is 29.1 Å². The number of ether oxygens (including phenoxy) is 2. The van der Waals surface area contributed by atoms with Crippen LogP contribution in [0.1, 0.15) is 50.9 Å². The maximum Gasteiger partial charge on any atom is 0.291 e. The van der Waals surface area contributed by atoms with E-state index in [-0.39, 0.29) is 18.0 Å². The molecular weight excluding hydrogens is 330 g/mol. The number of methoxy groups -OCH3 is 1. The fourth-order valence-electron chi connectivity index (χ4n) is 2.57. The molecule has 0 bridgehead atoms. The summed E-state index contributed by atoms with van der Waals surface area (Å²) in [5.74, 6) is 0.470. The summed E-state index contributed by atoms with van der Waals surface area (Å²) in [7, 11) is 1.59. The lowest BCUT2D eigenvalue weighted by molar-refractivity contribution is 0.0966. The molecule has 1 atom stereocenters. The first-order valence-electron chi connectivity index (χ1n) is 9.42. The number of aliphatic imine (C=N–C) groups is 1. The lowest BCUT2D eigenvalue weighted by Gasteiger charge is -2.18. The Morgan fingerprint density at radius 1 is 1.19 bits per heavy atom. The number of carbonyl (C=O) groups is 1. The van der Waals surface area contributed by atoms with Crippen LogP contribution in [0, 0.1) is 0 Å². The van der Waals surface area contributed by atoms with E-state index in [4.69, 9.17) is 9.47 Å². The molecular formula is C20H33N3O3. The highest BCUT2D eigenvalue weighted by molar-refractivity contribution is 6.04. The number of hydrogen-bond donors (Lipinski definition) is 1. The van der Waals surface area contributed by atoms with E-state index in [1.165, 1.54) is 0 Å². The van der Waals surface area contributed by atoms with Gasteiger partial charge >= 0.3 is 0 Å². The molecule has 6 nitrogen and oxygen atoms in total. The van der Waals surface area contributed by atoms with Gasteiger partial charge in [-0.15, -0.1) is 0 Å². The second-order valence-electron chi connectivity index (χ2n) is 6.07. The van der Waals surface area contributed by atoms with Gasteiger partial charge < -0.3 is 14.4 Å². The quantitative estimate of drug-likeness (QED) is 0.512. The van der Waals surface area contributed by atoms with E-state index < -0.39 is 0 Å². The van der Waals surface area contributed by atoms with Gasteiger partial charge in [0.1, 0.15) is 5.75 Å². The molecule has 0 unspecified atom stereocenters. The van der Waals surface area contributed by atoms with E-state index in [1.54, 1.807) is 31.4 Å². The molecule has 1 N–H and O–H groups in total. The van der Waals surface area contributed by atoms with E-state index in [1.807, 2.05) is 13.8 Å². The number of rotatable bonds is 10. The van der Waals surface area contributed by atoms with Crippen LogP contribution < -0.4 is 10.1 Å². The van der Waals surface area contributed by atoms with Crippen LogP contribution in [0.2, 0.25) is 0 Å². The third-order valence-corrected chi connectivity index (χ3v) is 4.18. The van der Waals surface area contributed by atoms with Gasteiger partial charge in [-0.05, 0) is 70.6 Å². The van der Waals surface area contributed by atoms with Crippen LogP contribution in [-0.2, 0) is 4.74 Å². The van der Waals surface area contributed by atoms with Crippen LogP contribution in [0.4, 0.5) is 0 Å². The Balaban J connectivity index is 2.61. The molecule has 0 radical (unpaired) electrons. The second kappa shape index (κ2) is 12.3. The van der Waals surface area contributed by atoms with Crippen LogP contribution in [0.5, 0.6) is 5.75 Å². The third-order valence-electron chi connectivity index (χ3n) is 4.18. The number of nitrogens with one attached hydrogen (secondary N) is 1. The van der Waals surface area contributed by atoms with Gasteiger partial charge in [-0.3, -0.25) is 10.1 Å². The van der Waals surface area contributed by atoms with Crippen molar-refractivity contribution in [2.45, 2.75) is 46.6 Å². The van der Waals surface area contributed by atoms with Crippen molar-refractivity contribution < 1.29 is 14.3 Å². The molecule has 146 valence electrons. The molecule has 0 saturated heterocycles. The summed E-state index contributed by atoms with van der Waals surface area (Å²) < 4.78 is 10.6. The predicted octanol–water partition coefficient (Wildman–Crippen LogP) is 3.33. The molecule has 26 heavy (non-hydrogen) atoms. The van der Waals surface area contributed by atoms with Crippen molar-refractivity contribution in [3.63, 3.8) is 0 Å². The van der Waals surface area contributed by atoms with Crippen LogP contribution in [0.25, 0.3) is 0 Å². The van der Waals surface area contributed by atoms with Crippen molar-refractivity contribution in [1.29, 1.82) is 0 Å². The zero-order valence-electron chi connectivity index (χ0n) is 16.7. The summed E-state index contributed by atoms with van der Waals surface area (Å²) in [6, 6.07) is 7.30. The van der Waals surface area contributed by atoms with Crippen molar-refractivity contribution in [2.24, 2.45) is 4.99 Å². The van der Waals surface area contributed by atoms with Crippen molar-refractivity contribution in [3.8, 4) is 5.75 Å². The summed E-state index contributed by atoms with van der Waals surface area (Å²) in [4.78, 5) is 19.3. The largest absolute Gasteiger partial charge is 0.497 e. The van der Waals surface area contributed by atoms with Gasteiger partial charge in [-0.2, -0.15) is 0 Å². The summed E-state index contributed by atoms with van der Waals surface area (Å²) in [5.41, 5.74) is 0.535. The second-order valence-corrected chi connectivity index (χ2v) is 6.07. The Morgan fingerprint density at radius 2 is 1.85 bits per heavy atom. The number of amidine groups is 1. The Hall–Kier alpha value is -2.08. The van der Waals surface area contributed by atoms with Crippen LogP contribution in [-0.4, -0.2) is 56.2 Å². The molecule has 0 heterocycles. The summed E-state index contributed by atoms with van der Waals surface area (Å²) in [6.07, 6.45) is 2.02. The standard InChI is InChI=1S/C20H33N3O3/c1-6-23(7-2)15-9-10-16(4)21-20(26-8-3)22-19(24)17-11-13-18(25-5)14-12-17/h11-14,16H,6-10,15H2,1-5H3,(H,21,22,24)/t16-/m0/s1. The molecule has 0 saturated carbocycles. The van der Waals surface area contributed by atoms with Crippen molar-refractivity contribution >= 4 is 11.9 Å². The lowest BCUT2D eigenvalue weighted by Crippen LogP contribution is -2.33. The minimum atomic E-state index is -0.241. The molecule has 1 rings (SSSR count). The van der Waals surface area contributed by atoms with Crippen molar-refractivity contribution in [2.75, 3.05) is 33.4 Å². The molecule has 0 aliphatic carbocycles. The van der Waals surface area contributed by atoms with Crippen LogP contribution in [0.3, 0.4) is 0 Å². The zero-order valence-corrected chi connectivity index (χ0v) is 16.7. The Morgan fingerprint density at radius 3 is 2.38 bits per heavy atom. The molecule has 1 aromatic carbocycles. The minimum Gasteiger partial charge on any atom is -0.497 e. The van der Waals surface area contributed by atoms with E-state index >= 15 is 0 Å². The predicted molar refractivity (Wildman–Crippen MR) is 106 cm³/mol. The molecule has 0 aromatic heterocycles. The van der Waals surface area contributed by atoms with E-state index in [0.717, 1.165) is 32.5 Å². The summed E-state index contributed by atoms with van der Waals surface area (Å²) in [5, 5.41) is 2.76. The van der Waals surface area contributed by atoms with Gasteiger partial charge in [0, 0.05) is 5.56 Å². The summed E-state index contributed by atoms with van der Waals surface area (Å²) >= 11 is 0. The molecule has 0 aliphatic rings. The molecule has 0 fully saturated rings. The topological polar surface area (TPSA) is 63.2 Å². The summed E-state index contributed by atoms with van der Waals surface area (Å²) in [6.45, 7) is 11.9. The maximum absolute atomic E-state index is 12.4. The monoisotopic (exact) mass is 363 g/mol. The van der Waals surface area contributed by atoms with Gasteiger partial charge in [0.15, 0.2) is 0 Å². The number of hydrogen-bond acceptors (Lipinski definition) is 5. The Kier molecular flexibility index (Phi) is 10.4. The van der Waals surface area contributed by atoms with E-state index in [0.29, 0.717) is 17.9 Å². The number of nitrogens with zero attached hydrogens (tertiary/aromatic N) is 2. The van der Waals surface area contributed by atoms with Gasteiger partial charge in [-0.1, -0.05) is 13.8 Å². The highest BCUT2D eigenvalue weighted by Crippen LogP contribution is 2.11. The van der Waals surface area contributed by atoms with Gasteiger partial charge in [0.25, 0.3) is 11.9 Å². The van der Waals surface area contributed by atoms with Crippen LogP contribution in [0.15, 0.2) is 29.3 Å². The Labute approximate surface area is 157 Å². The van der Waals surface area contributed by atoms with Gasteiger partial charge in [-0.25, -0.2) is 4.99 Å². The van der Waals surface area contributed by atoms with Gasteiger partial charge in [0.05, 0.1) is 19.8 Å².